The normalized spacial score (nSPS) is 9.87. The van der Waals surface area contributed by atoms with Crippen LogP contribution in [0.15, 0.2) is 22.8 Å². The van der Waals surface area contributed by atoms with Crippen molar-refractivity contribution in [3.05, 3.63) is 22.8 Å². The Kier molecular flexibility index (Phi) is 5.93. The minimum atomic E-state index is -0.318. The molecule has 0 fully saturated rings. The molecule has 0 atom stereocenters. The average Bonchev–Trinajstić information content (AvgIpc) is 2.09. The lowest BCUT2D eigenvalue weighted by Crippen LogP contribution is -2.17. The summed E-state index contributed by atoms with van der Waals surface area (Å²) in [5.74, 6) is 0.535. The van der Waals surface area contributed by atoms with Crippen LogP contribution in [0.1, 0.15) is 20.8 Å². The van der Waals surface area contributed by atoms with Gasteiger partial charge in [-0.1, -0.05) is 0 Å². The van der Waals surface area contributed by atoms with E-state index in [0.29, 0.717) is 12.3 Å². The number of carbonyl (C=O) groups excluding carboxylic acids is 1. The van der Waals surface area contributed by atoms with Gasteiger partial charge in [-0.3, -0.25) is 4.79 Å². The first kappa shape index (κ1) is 13.9. The summed E-state index contributed by atoms with van der Waals surface area (Å²) >= 11 is 3.21. The molecule has 0 aliphatic carbocycles. The van der Waals surface area contributed by atoms with Crippen LogP contribution in [0.2, 0.25) is 0 Å². The van der Waals surface area contributed by atoms with Crippen molar-refractivity contribution in [2.75, 3.05) is 5.73 Å². The number of nitrogens with two attached hydrogens (primary N) is 1. The van der Waals surface area contributed by atoms with E-state index in [0.717, 1.165) is 4.47 Å². The van der Waals surface area contributed by atoms with Crippen molar-refractivity contribution in [2.24, 2.45) is 0 Å². The standard InChI is InChI=1S/C5H5BrN2.C5H10O2/c6-4-2-1-3-8-5(4)7;1-5(2,3)7-4-6/h1-3H,(H2,7,8);4H,1-3H3. The molecule has 0 radical (unpaired) electrons. The number of carbonyl (C=O) groups is 1. The Hall–Kier alpha value is -1.10. The number of hydrogen-bond donors (Lipinski definition) is 1. The molecule has 0 unspecified atom stereocenters. The number of rotatable bonds is 1. The first-order chi connectivity index (χ1) is 6.87. The number of halogens is 1. The Morgan fingerprint density at radius 3 is 2.33 bits per heavy atom. The van der Waals surface area contributed by atoms with E-state index in [1.54, 1.807) is 6.20 Å². The maximum atomic E-state index is 9.60. The molecule has 84 valence electrons. The van der Waals surface area contributed by atoms with Gasteiger partial charge in [0.2, 0.25) is 0 Å². The third-order valence-corrected chi connectivity index (χ3v) is 1.86. The molecular formula is C10H15BrN2O2. The molecule has 0 saturated carbocycles. The SMILES string of the molecule is CC(C)(C)OC=O.Nc1ncccc1Br. The molecule has 0 amide bonds. The monoisotopic (exact) mass is 274 g/mol. The number of ether oxygens (including phenoxy) is 1. The van der Waals surface area contributed by atoms with Crippen LogP contribution in [0.5, 0.6) is 0 Å². The Morgan fingerprint density at radius 2 is 2.13 bits per heavy atom. The number of aromatic nitrogens is 1. The van der Waals surface area contributed by atoms with Crippen LogP contribution >= 0.6 is 15.9 Å². The minimum Gasteiger partial charge on any atom is -0.462 e. The maximum Gasteiger partial charge on any atom is 0.293 e. The summed E-state index contributed by atoms with van der Waals surface area (Å²) in [5, 5.41) is 0. The van der Waals surface area contributed by atoms with Gasteiger partial charge in [0.15, 0.2) is 0 Å². The van der Waals surface area contributed by atoms with Crippen LogP contribution < -0.4 is 5.73 Å². The van der Waals surface area contributed by atoms with Crippen molar-refractivity contribution in [1.82, 2.24) is 4.98 Å². The maximum absolute atomic E-state index is 9.60. The number of pyridine rings is 1. The van der Waals surface area contributed by atoms with Gasteiger partial charge in [-0.25, -0.2) is 4.98 Å². The summed E-state index contributed by atoms with van der Waals surface area (Å²) in [5.41, 5.74) is 5.04. The molecule has 2 N–H and O–H groups in total. The van der Waals surface area contributed by atoms with Crippen LogP contribution in [-0.2, 0) is 9.53 Å². The molecular weight excluding hydrogens is 260 g/mol. The fraction of sp³-hybridized carbons (Fsp3) is 0.400. The summed E-state index contributed by atoms with van der Waals surface area (Å²) in [7, 11) is 0. The molecule has 0 aliphatic heterocycles. The van der Waals surface area contributed by atoms with Gasteiger partial charge >= 0.3 is 0 Å². The van der Waals surface area contributed by atoms with Gasteiger partial charge in [0.25, 0.3) is 6.47 Å². The Bertz CT molecular complexity index is 290. The van der Waals surface area contributed by atoms with Gasteiger partial charge in [0, 0.05) is 6.20 Å². The summed E-state index contributed by atoms with van der Waals surface area (Å²) in [6.07, 6.45) is 1.65. The van der Waals surface area contributed by atoms with Gasteiger partial charge in [0.05, 0.1) is 4.47 Å². The molecule has 5 heteroatoms. The van der Waals surface area contributed by atoms with Crippen molar-refractivity contribution >= 4 is 28.2 Å². The van der Waals surface area contributed by atoms with Crippen LogP contribution in [0.3, 0.4) is 0 Å². The molecule has 0 aliphatic rings. The molecule has 1 aromatic rings. The number of nitrogen functional groups attached to an aromatic ring is 1. The third kappa shape index (κ3) is 7.93. The van der Waals surface area contributed by atoms with E-state index in [9.17, 15) is 4.79 Å². The molecule has 1 heterocycles. The van der Waals surface area contributed by atoms with Gasteiger partial charge in [-0.15, -0.1) is 0 Å². The van der Waals surface area contributed by atoms with Crippen LogP contribution in [0, 0.1) is 0 Å². The second-order valence-corrected chi connectivity index (χ2v) is 4.55. The second-order valence-electron chi connectivity index (χ2n) is 3.70. The van der Waals surface area contributed by atoms with Crippen molar-refractivity contribution < 1.29 is 9.53 Å². The highest BCUT2D eigenvalue weighted by molar-refractivity contribution is 9.10. The minimum absolute atomic E-state index is 0.318. The molecule has 0 saturated heterocycles. The molecule has 0 spiro atoms. The zero-order valence-electron chi connectivity index (χ0n) is 9.03. The molecule has 1 rings (SSSR count). The highest BCUT2D eigenvalue weighted by atomic mass is 79.9. The lowest BCUT2D eigenvalue weighted by atomic mass is 10.2. The van der Waals surface area contributed by atoms with E-state index < -0.39 is 0 Å². The van der Waals surface area contributed by atoms with E-state index in [1.807, 2.05) is 32.9 Å². The zero-order chi connectivity index (χ0) is 11.9. The predicted octanol–water partition coefficient (Wildman–Crippen LogP) is 2.38. The smallest absolute Gasteiger partial charge is 0.293 e. The number of nitrogens with zero attached hydrogens (tertiary/aromatic N) is 1. The van der Waals surface area contributed by atoms with Crippen molar-refractivity contribution in [3.63, 3.8) is 0 Å². The first-order valence-electron chi connectivity index (χ1n) is 4.34. The molecule has 15 heavy (non-hydrogen) atoms. The van der Waals surface area contributed by atoms with E-state index in [4.69, 9.17) is 5.73 Å². The fourth-order valence-electron chi connectivity index (χ4n) is 0.542. The second kappa shape index (κ2) is 6.40. The Labute approximate surface area is 98.0 Å². The highest BCUT2D eigenvalue weighted by Crippen LogP contribution is 2.13. The predicted molar refractivity (Wildman–Crippen MR) is 63.3 cm³/mol. The van der Waals surface area contributed by atoms with E-state index in [2.05, 4.69) is 25.7 Å². The molecule has 0 bridgehead atoms. The molecule has 0 aromatic carbocycles. The van der Waals surface area contributed by atoms with Gasteiger partial charge in [-0.2, -0.15) is 0 Å². The Morgan fingerprint density at radius 1 is 1.53 bits per heavy atom. The van der Waals surface area contributed by atoms with E-state index in [-0.39, 0.29) is 5.60 Å². The highest BCUT2D eigenvalue weighted by Gasteiger charge is 2.07. The quantitative estimate of drug-likeness (QED) is 0.799. The fourth-order valence-corrected chi connectivity index (χ4v) is 0.797. The molecule has 1 aromatic heterocycles. The lowest BCUT2D eigenvalue weighted by Gasteiger charge is -2.14. The van der Waals surface area contributed by atoms with Gasteiger partial charge < -0.3 is 10.5 Å². The lowest BCUT2D eigenvalue weighted by molar-refractivity contribution is -0.138. The van der Waals surface area contributed by atoms with Crippen LogP contribution in [0.4, 0.5) is 5.82 Å². The third-order valence-electron chi connectivity index (χ3n) is 1.19. The first-order valence-corrected chi connectivity index (χ1v) is 5.13. The zero-order valence-corrected chi connectivity index (χ0v) is 10.6. The van der Waals surface area contributed by atoms with Crippen molar-refractivity contribution in [2.45, 2.75) is 26.4 Å². The average molecular weight is 275 g/mol. The van der Waals surface area contributed by atoms with E-state index in [1.165, 1.54) is 0 Å². The number of anilines is 1. The van der Waals surface area contributed by atoms with Crippen LogP contribution in [-0.4, -0.2) is 17.1 Å². The largest absolute Gasteiger partial charge is 0.462 e. The van der Waals surface area contributed by atoms with Crippen molar-refractivity contribution in [1.29, 1.82) is 0 Å². The van der Waals surface area contributed by atoms with E-state index >= 15 is 0 Å². The summed E-state index contributed by atoms with van der Waals surface area (Å²) < 4.78 is 5.40. The molecule has 4 nitrogen and oxygen atoms in total. The Balaban J connectivity index is 0.000000265. The van der Waals surface area contributed by atoms with Gasteiger partial charge in [-0.05, 0) is 48.8 Å². The van der Waals surface area contributed by atoms with Crippen molar-refractivity contribution in [3.8, 4) is 0 Å². The summed E-state index contributed by atoms with van der Waals surface area (Å²) in [6, 6.07) is 3.67. The van der Waals surface area contributed by atoms with Gasteiger partial charge in [0.1, 0.15) is 11.4 Å². The number of hydrogen-bond acceptors (Lipinski definition) is 4. The topological polar surface area (TPSA) is 65.2 Å². The summed E-state index contributed by atoms with van der Waals surface area (Å²) in [6.45, 7) is 5.92. The summed E-state index contributed by atoms with van der Waals surface area (Å²) in [4.78, 5) is 13.4. The van der Waals surface area contributed by atoms with Crippen LogP contribution in [0.25, 0.3) is 0 Å².